The number of nitrogens with zero attached hydrogens (tertiary/aromatic N) is 4. The maximum Gasteiger partial charge on any atom is 0.416 e. The minimum atomic E-state index is -4.51. The van der Waals surface area contributed by atoms with Crippen LogP contribution >= 0.6 is 0 Å². The molecule has 1 aliphatic heterocycles. The number of nitrogens with two attached hydrogens (primary N) is 1. The monoisotopic (exact) mass is 535 g/mol. The zero-order chi connectivity index (χ0) is 27.6. The molecule has 12 heteroatoms. The fourth-order valence-corrected chi connectivity index (χ4v) is 5.54. The lowest BCUT2D eigenvalue weighted by molar-refractivity contribution is -0.137. The summed E-state index contributed by atoms with van der Waals surface area (Å²) in [7, 11) is 2.08. The molecule has 1 saturated heterocycles. The number of hydrogen-bond donors (Lipinski definition) is 3. The zero-order valence-electron chi connectivity index (χ0n) is 22.0. The van der Waals surface area contributed by atoms with Gasteiger partial charge in [-0.3, -0.25) is 9.59 Å². The normalized spacial score (nSPS) is 24.4. The number of alkyl halides is 3. The molecule has 2 fully saturated rings. The SMILES string of the molecule is CC(C)N(C)[C@@H]1CC[C@H](N2CC[C@H](Nc3ncnc4ccc(C(F)(F)F)cc34)C2=O)[C@H](NC(=O)CCN)C1. The molecule has 4 N–H and O–H groups in total. The van der Waals surface area contributed by atoms with Crippen molar-refractivity contribution in [2.75, 3.05) is 25.5 Å². The molecule has 4 rings (SSSR count). The first-order valence-corrected chi connectivity index (χ1v) is 13.1. The lowest BCUT2D eigenvalue weighted by atomic mass is 9.84. The molecule has 208 valence electrons. The Labute approximate surface area is 220 Å². The van der Waals surface area contributed by atoms with Crippen molar-refractivity contribution >= 4 is 28.5 Å². The van der Waals surface area contributed by atoms with Crippen molar-refractivity contribution in [1.29, 1.82) is 0 Å². The molecule has 1 saturated carbocycles. The molecule has 0 unspecified atom stereocenters. The Morgan fingerprint density at radius 1 is 1.24 bits per heavy atom. The molecule has 2 heterocycles. The summed E-state index contributed by atoms with van der Waals surface area (Å²) in [4.78, 5) is 38.3. The third-order valence-corrected chi connectivity index (χ3v) is 7.81. The lowest BCUT2D eigenvalue weighted by Gasteiger charge is -2.44. The Morgan fingerprint density at radius 2 is 2.00 bits per heavy atom. The molecule has 2 aliphatic rings. The minimum absolute atomic E-state index is 0.135. The summed E-state index contributed by atoms with van der Waals surface area (Å²) in [6.07, 6.45) is -0.211. The fraction of sp³-hybridized carbons (Fsp3) is 0.615. The van der Waals surface area contributed by atoms with Crippen molar-refractivity contribution in [2.24, 2.45) is 5.73 Å². The third kappa shape index (κ3) is 6.01. The summed E-state index contributed by atoms with van der Waals surface area (Å²) in [6, 6.07) is 2.88. The van der Waals surface area contributed by atoms with Crippen LogP contribution in [0.1, 0.15) is 51.5 Å². The number of likely N-dealkylation sites (tertiary alicyclic amines) is 1. The van der Waals surface area contributed by atoms with Crippen molar-refractivity contribution in [3.8, 4) is 0 Å². The molecule has 0 bridgehead atoms. The van der Waals surface area contributed by atoms with Gasteiger partial charge in [-0.25, -0.2) is 9.97 Å². The highest BCUT2D eigenvalue weighted by Gasteiger charge is 2.43. The zero-order valence-corrected chi connectivity index (χ0v) is 22.0. The predicted molar refractivity (Wildman–Crippen MR) is 138 cm³/mol. The third-order valence-electron chi connectivity index (χ3n) is 7.81. The second kappa shape index (κ2) is 11.4. The minimum Gasteiger partial charge on any atom is -0.358 e. The summed E-state index contributed by atoms with van der Waals surface area (Å²) in [5.41, 5.74) is 5.13. The van der Waals surface area contributed by atoms with Crippen molar-refractivity contribution in [3.05, 3.63) is 30.1 Å². The van der Waals surface area contributed by atoms with Gasteiger partial charge in [-0.15, -0.1) is 0 Å². The van der Waals surface area contributed by atoms with E-state index in [1.54, 1.807) is 4.90 Å². The van der Waals surface area contributed by atoms with E-state index in [2.05, 4.69) is 46.4 Å². The first-order chi connectivity index (χ1) is 18.0. The van der Waals surface area contributed by atoms with Crippen molar-refractivity contribution in [1.82, 2.24) is 25.1 Å². The smallest absolute Gasteiger partial charge is 0.358 e. The van der Waals surface area contributed by atoms with E-state index in [0.29, 0.717) is 30.9 Å². The number of halogens is 3. The van der Waals surface area contributed by atoms with Gasteiger partial charge in [0, 0.05) is 37.0 Å². The van der Waals surface area contributed by atoms with Crippen LogP contribution in [0, 0.1) is 0 Å². The summed E-state index contributed by atoms with van der Waals surface area (Å²) in [6.45, 7) is 4.98. The number of nitrogens with one attached hydrogen (secondary N) is 2. The van der Waals surface area contributed by atoms with Gasteiger partial charge in [0.2, 0.25) is 11.8 Å². The quantitative estimate of drug-likeness (QED) is 0.476. The van der Waals surface area contributed by atoms with E-state index in [0.717, 1.165) is 25.0 Å². The van der Waals surface area contributed by atoms with Gasteiger partial charge in [0.25, 0.3) is 0 Å². The van der Waals surface area contributed by atoms with Gasteiger partial charge in [0.1, 0.15) is 18.2 Å². The molecule has 1 aliphatic carbocycles. The number of aromatic nitrogens is 2. The van der Waals surface area contributed by atoms with Gasteiger partial charge in [0.05, 0.1) is 23.2 Å². The fourth-order valence-electron chi connectivity index (χ4n) is 5.54. The number of carbonyl (C=O) groups excluding carboxylic acids is 2. The van der Waals surface area contributed by atoms with Gasteiger partial charge in [-0.1, -0.05) is 0 Å². The molecule has 1 aromatic carbocycles. The van der Waals surface area contributed by atoms with Crippen LogP contribution in [-0.2, 0) is 15.8 Å². The largest absolute Gasteiger partial charge is 0.416 e. The summed E-state index contributed by atoms with van der Waals surface area (Å²) in [5, 5.41) is 6.40. The number of rotatable bonds is 8. The van der Waals surface area contributed by atoms with E-state index >= 15 is 0 Å². The maximum absolute atomic E-state index is 13.5. The van der Waals surface area contributed by atoms with Crippen LogP contribution in [0.25, 0.3) is 10.9 Å². The number of benzene rings is 1. The molecule has 9 nitrogen and oxygen atoms in total. The average molecular weight is 536 g/mol. The highest BCUT2D eigenvalue weighted by atomic mass is 19.4. The Morgan fingerprint density at radius 3 is 2.68 bits per heavy atom. The summed E-state index contributed by atoms with van der Waals surface area (Å²) >= 11 is 0. The molecule has 4 atom stereocenters. The second-order valence-corrected chi connectivity index (χ2v) is 10.5. The second-order valence-electron chi connectivity index (χ2n) is 10.5. The Bertz CT molecular complexity index is 1160. The highest BCUT2D eigenvalue weighted by Crippen LogP contribution is 2.34. The van der Waals surface area contributed by atoms with Crippen molar-refractivity contribution < 1.29 is 22.8 Å². The average Bonchev–Trinajstić information content (AvgIpc) is 3.22. The molecular formula is C26H36F3N7O2. The maximum atomic E-state index is 13.5. The van der Waals surface area contributed by atoms with Crippen LogP contribution in [-0.4, -0.2) is 81.9 Å². The van der Waals surface area contributed by atoms with Crippen LogP contribution in [0.3, 0.4) is 0 Å². The number of anilines is 1. The van der Waals surface area contributed by atoms with Crippen LogP contribution in [0.4, 0.5) is 19.0 Å². The summed E-state index contributed by atoms with van der Waals surface area (Å²) < 4.78 is 39.9. The number of carbonyl (C=O) groups is 2. The van der Waals surface area contributed by atoms with Gasteiger partial charge >= 0.3 is 6.18 Å². The van der Waals surface area contributed by atoms with Crippen molar-refractivity contribution in [2.45, 2.75) is 82.3 Å². The molecule has 0 spiro atoms. The number of fused-ring (bicyclic) bond motifs is 1. The molecule has 2 amide bonds. The van der Waals surface area contributed by atoms with Gasteiger partial charge in [-0.05, 0) is 64.8 Å². The molecular weight excluding hydrogens is 499 g/mol. The Hall–Kier alpha value is -2.99. The van der Waals surface area contributed by atoms with E-state index in [4.69, 9.17) is 5.73 Å². The molecule has 0 radical (unpaired) electrons. The van der Waals surface area contributed by atoms with Crippen molar-refractivity contribution in [3.63, 3.8) is 0 Å². The van der Waals surface area contributed by atoms with Crippen LogP contribution in [0.5, 0.6) is 0 Å². The van der Waals surface area contributed by atoms with E-state index in [-0.39, 0.29) is 54.1 Å². The molecule has 1 aromatic heterocycles. The Balaban J connectivity index is 1.52. The molecule has 38 heavy (non-hydrogen) atoms. The van der Waals surface area contributed by atoms with E-state index in [9.17, 15) is 22.8 Å². The van der Waals surface area contributed by atoms with Gasteiger partial charge in [-0.2, -0.15) is 13.2 Å². The van der Waals surface area contributed by atoms with Gasteiger partial charge < -0.3 is 26.2 Å². The first kappa shape index (κ1) is 28.0. The highest BCUT2D eigenvalue weighted by molar-refractivity contribution is 5.93. The number of hydrogen-bond acceptors (Lipinski definition) is 7. The first-order valence-electron chi connectivity index (χ1n) is 13.1. The van der Waals surface area contributed by atoms with Crippen LogP contribution < -0.4 is 16.4 Å². The van der Waals surface area contributed by atoms with E-state index < -0.39 is 17.8 Å². The van der Waals surface area contributed by atoms with Crippen LogP contribution in [0.2, 0.25) is 0 Å². The standard InChI is InChI=1S/C26H36F3N7O2/c1-15(2)35(3)17-5-7-22(21(13-17)33-23(37)8-10-30)36-11-9-20(25(36)38)34-24-18-12-16(26(27,28)29)4-6-19(18)31-14-32-24/h4,6,12,14-15,17,20-22H,5,7-11,13,30H2,1-3H3,(H,33,37)(H,31,32,34)/t17-,20+,21-,22+/m1/s1. The van der Waals surface area contributed by atoms with E-state index in [1.807, 2.05) is 0 Å². The van der Waals surface area contributed by atoms with E-state index in [1.165, 1.54) is 12.4 Å². The molecule has 2 aromatic rings. The summed E-state index contributed by atoms with van der Waals surface area (Å²) in [5.74, 6) is -0.0940. The predicted octanol–water partition coefficient (Wildman–Crippen LogP) is 2.76. The van der Waals surface area contributed by atoms with Gasteiger partial charge in [0.15, 0.2) is 0 Å². The van der Waals surface area contributed by atoms with Crippen LogP contribution in [0.15, 0.2) is 24.5 Å². The Kier molecular flexibility index (Phi) is 8.41. The number of amides is 2. The topological polar surface area (TPSA) is 116 Å². The lowest BCUT2D eigenvalue weighted by Crippen LogP contribution is -2.58.